The van der Waals surface area contributed by atoms with Gasteiger partial charge in [-0.05, 0) is 67.6 Å². The summed E-state index contributed by atoms with van der Waals surface area (Å²) in [5, 5.41) is 1.48. The van der Waals surface area contributed by atoms with Crippen molar-refractivity contribution in [2.75, 3.05) is 26.2 Å². The molecule has 1 aromatic heterocycles. The molecule has 0 N–H and O–H groups in total. The van der Waals surface area contributed by atoms with Gasteiger partial charge in [-0.2, -0.15) is 0 Å². The van der Waals surface area contributed by atoms with Crippen LogP contribution < -0.4 is 0 Å². The van der Waals surface area contributed by atoms with Gasteiger partial charge < -0.3 is 9.80 Å². The number of rotatable bonds is 7. The van der Waals surface area contributed by atoms with Gasteiger partial charge in [0.15, 0.2) is 0 Å². The molecule has 0 saturated carbocycles. The summed E-state index contributed by atoms with van der Waals surface area (Å²) in [6.07, 6.45) is 3.45. The lowest BCUT2D eigenvalue weighted by Crippen LogP contribution is -2.44. The summed E-state index contributed by atoms with van der Waals surface area (Å²) < 4.78 is 14.4. The molecule has 0 aliphatic carbocycles. The van der Waals surface area contributed by atoms with E-state index in [1.807, 2.05) is 31.2 Å². The van der Waals surface area contributed by atoms with Crippen LogP contribution in [-0.4, -0.2) is 41.0 Å². The van der Waals surface area contributed by atoms with Gasteiger partial charge in [0.1, 0.15) is 5.82 Å². The fourth-order valence-corrected chi connectivity index (χ4v) is 4.75. The number of benzene rings is 2. The molecule has 4 rings (SSSR count). The zero-order valence-corrected chi connectivity index (χ0v) is 21.2. The first-order valence-corrected chi connectivity index (χ1v) is 12.4. The summed E-state index contributed by atoms with van der Waals surface area (Å²) in [7, 11) is 0. The molecule has 3 nitrogen and oxygen atoms in total. The van der Waals surface area contributed by atoms with E-state index in [0.717, 1.165) is 65.9 Å². The van der Waals surface area contributed by atoms with E-state index >= 15 is 0 Å². The fraction of sp³-hybridized carbons (Fsp3) is 0.345. The van der Waals surface area contributed by atoms with E-state index in [9.17, 15) is 4.39 Å². The standard InChI is InChI=1S/C29H33ClFN3/c1-6-7-8-20(3)33-11-13-34(14-12-33)22(5)23-9-10-25-26(30)18-28(32-29(25)17-23)24-15-19(2)21(4)27(31)16-24/h9-10,15-18H,3,5-8,11-14H2,1-2,4H3. The van der Waals surface area contributed by atoms with E-state index in [-0.39, 0.29) is 5.82 Å². The lowest BCUT2D eigenvalue weighted by atomic mass is 10.0. The Morgan fingerprint density at radius 2 is 1.74 bits per heavy atom. The normalized spacial score (nSPS) is 14.0. The molecule has 34 heavy (non-hydrogen) atoms. The van der Waals surface area contributed by atoms with Crippen molar-refractivity contribution < 1.29 is 4.39 Å². The maximum absolute atomic E-state index is 14.4. The first-order chi connectivity index (χ1) is 16.3. The summed E-state index contributed by atoms with van der Waals surface area (Å²) in [6, 6.07) is 11.4. The number of hydrogen-bond acceptors (Lipinski definition) is 3. The van der Waals surface area contributed by atoms with Gasteiger partial charge in [-0.3, -0.25) is 0 Å². The van der Waals surface area contributed by atoms with Crippen LogP contribution in [0.3, 0.4) is 0 Å². The molecule has 178 valence electrons. The van der Waals surface area contributed by atoms with Crippen molar-refractivity contribution in [2.45, 2.75) is 40.0 Å². The Morgan fingerprint density at radius 3 is 2.41 bits per heavy atom. The lowest BCUT2D eigenvalue weighted by molar-refractivity contribution is 0.209. The maximum Gasteiger partial charge on any atom is 0.127 e. The highest BCUT2D eigenvalue weighted by atomic mass is 35.5. The summed E-state index contributed by atoms with van der Waals surface area (Å²) in [6.45, 7) is 18.3. The van der Waals surface area contributed by atoms with E-state index in [1.54, 1.807) is 6.92 Å². The van der Waals surface area contributed by atoms with Crippen LogP contribution in [0, 0.1) is 19.7 Å². The van der Waals surface area contributed by atoms with Gasteiger partial charge >= 0.3 is 0 Å². The lowest BCUT2D eigenvalue weighted by Gasteiger charge is -2.39. The Bertz CT molecular complexity index is 1220. The minimum atomic E-state index is -0.230. The highest BCUT2D eigenvalue weighted by Crippen LogP contribution is 2.32. The van der Waals surface area contributed by atoms with Crippen LogP contribution in [0.15, 0.2) is 55.3 Å². The average molecular weight is 478 g/mol. The molecule has 1 saturated heterocycles. The Morgan fingerprint density at radius 1 is 1.03 bits per heavy atom. The maximum atomic E-state index is 14.4. The van der Waals surface area contributed by atoms with Crippen LogP contribution in [0.5, 0.6) is 0 Å². The number of allylic oxidation sites excluding steroid dienone is 1. The smallest absolute Gasteiger partial charge is 0.127 e. The number of nitrogens with zero attached hydrogens (tertiary/aromatic N) is 3. The van der Waals surface area contributed by atoms with Gasteiger partial charge in [-0.1, -0.05) is 50.2 Å². The topological polar surface area (TPSA) is 19.4 Å². The highest BCUT2D eigenvalue weighted by molar-refractivity contribution is 6.35. The third kappa shape index (κ3) is 4.97. The molecular weight excluding hydrogens is 445 g/mol. The minimum absolute atomic E-state index is 0.230. The second-order valence-corrected chi connectivity index (χ2v) is 9.62. The molecule has 1 aliphatic heterocycles. The molecule has 2 heterocycles. The summed E-state index contributed by atoms with van der Waals surface area (Å²) in [5.74, 6) is -0.230. The zero-order valence-electron chi connectivity index (χ0n) is 20.4. The molecule has 5 heteroatoms. The molecule has 3 aromatic rings. The summed E-state index contributed by atoms with van der Waals surface area (Å²) >= 11 is 6.60. The van der Waals surface area contributed by atoms with Gasteiger partial charge in [0.2, 0.25) is 0 Å². The first-order valence-electron chi connectivity index (χ1n) is 12.0. The molecule has 0 atom stereocenters. The third-order valence-corrected chi connectivity index (χ3v) is 7.23. The van der Waals surface area contributed by atoms with E-state index in [0.29, 0.717) is 16.3 Å². The van der Waals surface area contributed by atoms with Gasteiger partial charge in [-0.15, -0.1) is 0 Å². The molecule has 0 bridgehead atoms. The molecule has 0 unspecified atom stereocenters. The Balaban J connectivity index is 1.56. The third-order valence-electron chi connectivity index (χ3n) is 6.92. The molecule has 0 spiro atoms. The van der Waals surface area contributed by atoms with E-state index < -0.39 is 0 Å². The Labute approximate surface area is 207 Å². The molecule has 2 aromatic carbocycles. The zero-order chi connectivity index (χ0) is 24.4. The van der Waals surface area contributed by atoms with Crippen molar-refractivity contribution in [1.82, 2.24) is 14.8 Å². The van der Waals surface area contributed by atoms with E-state index in [1.165, 1.54) is 24.6 Å². The molecule has 0 amide bonds. The predicted octanol–water partition coefficient (Wildman–Crippen LogP) is 7.60. The fourth-order valence-electron chi connectivity index (χ4n) is 4.49. The minimum Gasteiger partial charge on any atom is -0.372 e. The number of aryl methyl sites for hydroxylation is 1. The number of hydrogen-bond donors (Lipinski definition) is 0. The van der Waals surface area contributed by atoms with Crippen LogP contribution in [0.2, 0.25) is 5.02 Å². The van der Waals surface area contributed by atoms with Gasteiger partial charge in [0, 0.05) is 48.5 Å². The second-order valence-electron chi connectivity index (χ2n) is 9.21. The summed E-state index contributed by atoms with van der Waals surface area (Å²) in [5.41, 5.74) is 6.99. The number of fused-ring (bicyclic) bond motifs is 1. The van der Waals surface area contributed by atoms with Crippen molar-refractivity contribution in [3.8, 4) is 11.3 Å². The van der Waals surface area contributed by atoms with E-state index in [2.05, 4.69) is 35.9 Å². The quantitative estimate of drug-likeness (QED) is 0.349. The van der Waals surface area contributed by atoms with Crippen molar-refractivity contribution in [3.63, 3.8) is 0 Å². The molecular formula is C29H33ClFN3. The monoisotopic (exact) mass is 477 g/mol. The van der Waals surface area contributed by atoms with Crippen LogP contribution in [-0.2, 0) is 0 Å². The van der Waals surface area contributed by atoms with Crippen molar-refractivity contribution >= 4 is 28.2 Å². The number of piperazine rings is 1. The Hall–Kier alpha value is -2.85. The van der Waals surface area contributed by atoms with Crippen molar-refractivity contribution in [1.29, 1.82) is 0 Å². The summed E-state index contributed by atoms with van der Waals surface area (Å²) in [4.78, 5) is 9.57. The molecule has 1 fully saturated rings. The Kier molecular flexibility index (Phi) is 7.27. The van der Waals surface area contributed by atoms with E-state index in [4.69, 9.17) is 16.6 Å². The number of unbranched alkanes of at least 4 members (excludes halogenated alkanes) is 1. The van der Waals surface area contributed by atoms with Gasteiger partial charge in [0.05, 0.1) is 16.2 Å². The predicted molar refractivity (Wildman–Crippen MR) is 142 cm³/mol. The number of pyridine rings is 1. The number of halogens is 2. The van der Waals surface area contributed by atoms with Crippen LogP contribution >= 0.6 is 11.6 Å². The average Bonchev–Trinajstić information content (AvgIpc) is 2.84. The second kappa shape index (κ2) is 10.2. The van der Waals surface area contributed by atoms with Crippen LogP contribution in [0.25, 0.3) is 27.9 Å². The van der Waals surface area contributed by atoms with Crippen LogP contribution in [0.4, 0.5) is 4.39 Å². The van der Waals surface area contributed by atoms with Gasteiger partial charge in [0.25, 0.3) is 0 Å². The van der Waals surface area contributed by atoms with Crippen molar-refractivity contribution in [3.05, 3.63) is 82.8 Å². The molecule has 0 radical (unpaired) electrons. The molecule has 1 aliphatic rings. The van der Waals surface area contributed by atoms with Crippen molar-refractivity contribution in [2.24, 2.45) is 0 Å². The van der Waals surface area contributed by atoms with Gasteiger partial charge in [-0.25, -0.2) is 9.37 Å². The SMILES string of the molecule is C=C(CCCC)N1CCN(C(=C)c2ccc3c(Cl)cc(-c4cc(C)c(C)c(F)c4)nc3c2)CC1. The largest absolute Gasteiger partial charge is 0.372 e. The highest BCUT2D eigenvalue weighted by Gasteiger charge is 2.20. The first kappa shape index (κ1) is 24.3. The number of aromatic nitrogens is 1. The van der Waals surface area contributed by atoms with Crippen LogP contribution in [0.1, 0.15) is 42.9 Å².